The van der Waals surface area contributed by atoms with Gasteiger partial charge in [-0.3, -0.25) is 14.4 Å². The number of ether oxygens (including phenoxy) is 2. The number of methoxy groups -OCH3 is 1. The third-order valence-corrected chi connectivity index (χ3v) is 5.94. The highest BCUT2D eigenvalue weighted by Gasteiger charge is 2.24. The van der Waals surface area contributed by atoms with Crippen molar-refractivity contribution >= 4 is 17.7 Å². The molecule has 0 saturated carbocycles. The third-order valence-electron chi connectivity index (χ3n) is 5.94. The molecule has 0 aromatic heterocycles. The highest BCUT2D eigenvalue weighted by Crippen LogP contribution is 2.26. The zero-order chi connectivity index (χ0) is 25.5. The Morgan fingerprint density at radius 1 is 0.971 bits per heavy atom. The molecule has 0 spiro atoms. The lowest BCUT2D eigenvalue weighted by atomic mass is 9.91. The van der Waals surface area contributed by atoms with Crippen LogP contribution in [0.1, 0.15) is 63.5 Å². The molecular formula is C29H39NO5. The fourth-order valence-corrected chi connectivity index (χ4v) is 4.06. The van der Waals surface area contributed by atoms with Crippen molar-refractivity contribution < 1.29 is 23.9 Å². The molecule has 0 aliphatic carbocycles. The third kappa shape index (κ3) is 10.0. The molecule has 0 heterocycles. The summed E-state index contributed by atoms with van der Waals surface area (Å²) in [4.78, 5) is 36.6. The maximum atomic E-state index is 12.5. The number of ketones is 1. The van der Waals surface area contributed by atoms with Gasteiger partial charge in [-0.1, -0.05) is 74.7 Å². The SMILES string of the molecule is CCCCCCC(=O)CNCc1cc(CC(CC(=O)OC)C(=O)OCC)ccc1-c1ccccc1. The summed E-state index contributed by atoms with van der Waals surface area (Å²) in [5, 5.41) is 3.30. The molecule has 0 radical (unpaired) electrons. The Labute approximate surface area is 209 Å². The van der Waals surface area contributed by atoms with Crippen molar-refractivity contribution in [2.24, 2.45) is 5.92 Å². The molecule has 6 heteroatoms. The Morgan fingerprint density at radius 3 is 2.43 bits per heavy atom. The van der Waals surface area contributed by atoms with Crippen molar-refractivity contribution in [3.8, 4) is 11.1 Å². The molecule has 2 rings (SSSR count). The first-order valence-electron chi connectivity index (χ1n) is 12.6. The predicted molar refractivity (Wildman–Crippen MR) is 138 cm³/mol. The first-order chi connectivity index (χ1) is 17.0. The van der Waals surface area contributed by atoms with E-state index < -0.39 is 17.9 Å². The number of Topliss-reactive ketones (excluding diaryl/α,β-unsaturated/α-hetero) is 1. The molecule has 2 aromatic carbocycles. The van der Waals surface area contributed by atoms with Gasteiger partial charge in [0.25, 0.3) is 0 Å². The van der Waals surface area contributed by atoms with Crippen molar-refractivity contribution in [2.75, 3.05) is 20.3 Å². The molecule has 190 valence electrons. The van der Waals surface area contributed by atoms with Gasteiger partial charge >= 0.3 is 11.9 Å². The fourth-order valence-electron chi connectivity index (χ4n) is 4.06. The number of carbonyl (C=O) groups is 3. The normalized spacial score (nSPS) is 11.6. The van der Waals surface area contributed by atoms with Crippen molar-refractivity contribution in [1.29, 1.82) is 0 Å². The van der Waals surface area contributed by atoms with Crippen molar-refractivity contribution in [3.05, 3.63) is 59.7 Å². The summed E-state index contributed by atoms with van der Waals surface area (Å²) in [5.74, 6) is -1.24. The number of nitrogens with one attached hydrogen (secondary N) is 1. The molecule has 0 fully saturated rings. The minimum Gasteiger partial charge on any atom is -0.469 e. The molecule has 0 aliphatic heterocycles. The van der Waals surface area contributed by atoms with Crippen LogP contribution in [0.5, 0.6) is 0 Å². The van der Waals surface area contributed by atoms with Crippen LogP contribution in [0.15, 0.2) is 48.5 Å². The van der Waals surface area contributed by atoms with Gasteiger partial charge in [-0.25, -0.2) is 0 Å². The molecule has 1 N–H and O–H groups in total. The van der Waals surface area contributed by atoms with Gasteiger partial charge in [-0.15, -0.1) is 0 Å². The van der Waals surface area contributed by atoms with Gasteiger partial charge in [0.15, 0.2) is 0 Å². The van der Waals surface area contributed by atoms with E-state index in [-0.39, 0.29) is 18.8 Å². The second-order valence-electron chi connectivity index (χ2n) is 8.74. The number of unbranched alkanes of at least 4 members (excludes halogenated alkanes) is 3. The maximum absolute atomic E-state index is 12.5. The molecule has 1 unspecified atom stereocenters. The Bertz CT molecular complexity index is 941. The standard InChI is InChI=1S/C29H39NO5/c1-4-6-7-11-14-26(31)21-30-20-25-18-22(15-16-27(25)23-12-9-8-10-13-23)17-24(19-28(32)34-3)29(33)35-5-2/h8-10,12-13,15-16,18,24,30H,4-7,11,14,17,19-21H2,1-3H3. The van der Waals surface area contributed by atoms with Gasteiger partial charge in [0.1, 0.15) is 5.78 Å². The molecule has 0 aliphatic rings. The summed E-state index contributed by atoms with van der Waals surface area (Å²) >= 11 is 0. The zero-order valence-electron chi connectivity index (χ0n) is 21.3. The molecule has 0 saturated heterocycles. The van der Waals surface area contributed by atoms with Crippen molar-refractivity contribution in [2.45, 2.75) is 65.3 Å². The van der Waals surface area contributed by atoms with Gasteiger partial charge < -0.3 is 14.8 Å². The molecular weight excluding hydrogens is 442 g/mol. The van der Waals surface area contributed by atoms with Crippen LogP contribution < -0.4 is 5.32 Å². The highest BCUT2D eigenvalue weighted by atomic mass is 16.5. The van der Waals surface area contributed by atoms with E-state index in [1.165, 1.54) is 7.11 Å². The monoisotopic (exact) mass is 481 g/mol. The number of hydrogen-bond donors (Lipinski definition) is 1. The van der Waals surface area contributed by atoms with E-state index in [4.69, 9.17) is 9.47 Å². The Balaban J connectivity index is 2.17. The number of carbonyl (C=O) groups excluding carboxylic acids is 3. The van der Waals surface area contributed by atoms with Gasteiger partial charge in [0.05, 0.1) is 32.6 Å². The molecule has 0 amide bonds. The maximum Gasteiger partial charge on any atom is 0.309 e. The summed E-state index contributed by atoms with van der Waals surface area (Å²) in [5.41, 5.74) is 4.11. The second kappa shape index (κ2) is 15.8. The molecule has 1 atom stereocenters. The van der Waals surface area contributed by atoms with E-state index in [0.29, 0.717) is 25.9 Å². The lowest BCUT2D eigenvalue weighted by molar-refractivity contribution is -0.153. The Morgan fingerprint density at radius 2 is 1.74 bits per heavy atom. The Kier molecular flexibility index (Phi) is 12.8. The van der Waals surface area contributed by atoms with Crippen LogP contribution in [0, 0.1) is 5.92 Å². The van der Waals surface area contributed by atoms with E-state index in [9.17, 15) is 14.4 Å². The van der Waals surface area contributed by atoms with E-state index in [1.807, 2.05) is 36.4 Å². The first-order valence-corrected chi connectivity index (χ1v) is 12.6. The molecule has 2 aromatic rings. The highest BCUT2D eigenvalue weighted by molar-refractivity contribution is 5.81. The smallest absolute Gasteiger partial charge is 0.309 e. The predicted octanol–water partition coefficient (Wildman–Crippen LogP) is 5.27. The van der Waals surface area contributed by atoms with Gasteiger partial charge in [0, 0.05) is 13.0 Å². The Hall–Kier alpha value is -2.99. The van der Waals surface area contributed by atoms with Crippen LogP contribution in [0.3, 0.4) is 0 Å². The average Bonchev–Trinajstić information content (AvgIpc) is 2.87. The lowest BCUT2D eigenvalue weighted by Crippen LogP contribution is -2.24. The summed E-state index contributed by atoms with van der Waals surface area (Å²) in [6.07, 6.45) is 5.29. The van der Waals surface area contributed by atoms with Crippen LogP contribution in [-0.2, 0) is 36.8 Å². The van der Waals surface area contributed by atoms with Gasteiger partial charge in [-0.2, -0.15) is 0 Å². The lowest BCUT2D eigenvalue weighted by Gasteiger charge is -2.17. The molecule has 0 bridgehead atoms. The van der Waals surface area contributed by atoms with Crippen LogP contribution in [-0.4, -0.2) is 38.0 Å². The zero-order valence-corrected chi connectivity index (χ0v) is 21.3. The number of benzene rings is 2. The number of hydrogen-bond acceptors (Lipinski definition) is 6. The van der Waals surface area contributed by atoms with Crippen molar-refractivity contribution in [1.82, 2.24) is 5.32 Å². The van der Waals surface area contributed by atoms with E-state index in [0.717, 1.165) is 47.9 Å². The quantitative estimate of drug-likeness (QED) is 0.260. The van der Waals surface area contributed by atoms with Crippen LogP contribution in [0.4, 0.5) is 0 Å². The first kappa shape index (κ1) is 28.2. The largest absolute Gasteiger partial charge is 0.469 e. The van der Waals surface area contributed by atoms with Gasteiger partial charge in [0.2, 0.25) is 0 Å². The van der Waals surface area contributed by atoms with Crippen LogP contribution in [0.2, 0.25) is 0 Å². The summed E-state index contributed by atoms with van der Waals surface area (Å²) in [6.45, 7) is 5.02. The molecule has 6 nitrogen and oxygen atoms in total. The van der Waals surface area contributed by atoms with E-state index >= 15 is 0 Å². The van der Waals surface area contributed by atoms with Crippen LogP contribution in [0.25, 0.3) is 11.1 Å². The second-order valence-corrected chi connectivity index (χ2v) is 8.74. The van der Waals surface area contributed by atoms with Gasteiger partial charge in [-0.05, 0) is 42.0 Å². The van der Waals surface area contributed by atoms with E-state index in [2.05, 4.69) is 24.4 Å². The minimum atomic E-state index is -0.615. The number of rotatable bonds is 16. The summed E-state index contributed by atoms with van der Waals surface area (Å²) in [7, 11) is 1.31. The van der Waals surface area contributed by atoms with Crippen molar-refractivity contribution in [3.63, 3.8) is 0 Å². The number of esters is 2. The minimum absolute atomic E-state index is 0.0319. The molecule has 35 heavy (non-hydrogen) atoms. The topological polar surface area (TPSA) is 81.7 Å². The summed E-state index contributed by atoms with van der Waals surface area (Å²) in [6, 6.07) is 16.1. The fraction of sp³-hybridized carbons (Fsp3) is 0.483. The summed E-state index contributed by atoms with van der Waals surface area (Å²) < 4.78 is 9.96. The average molecular weight is 482 g/mol. The van der Waals surface area contributed by atoms with Crippen LogP contribution >= 0.6 is 0 Å². The van der Waals surface area contributed by atoms with E-state index in [1.54, 1.807) is 6.92 Å².